The predicted octanol–water partition coefficient (Wildman–Crippen LogP) is 5.11. The van der Waals surface area contributed by atoms with Crippen LogP contribution in [-0.4, -0.2) is 20.7 Å². The lowest BCUT2D eigenvalue weighted by molar-refractivity contribution is -0.144. The molecule has 114 valence electrons. The van der Waals surface area contributed by atoms with E-state index >= 15 is 0 Å². The van der Waals surface area contributed by atoms with Gasteiger partial charge in [0, 0.05) is 0 Å². The molecule has 0 unspecified atom stereocenters. The summed E-state index contributed by atoms with van der Waals surface area (Å²) in [6.07, 6.45) is 1.08. The molecule has 0 aliphatic carbocycles. The van der Waals surface area contributed by atoms with Crippen LogP contribution < -0.4 is 0 Å². The molecule has 0 aromatic heterocycles. The van der Waals surface area contributed by atoms with Gasteiger partial charge in [0.25, 0.3) is 0 Å². The van der Waals surface area contributed by atoms with Gasteiger partial charge in [-0.05, 0) is 18.8 Å². The van der Waals surface area contributed by atoms with Gasteiger partial charge in [0.15, 0.2) is 0 Å². The fraction of sp³-hybridized carbons (Fsp3) is 0.938. The van der Waals surface area contributed by atoms with Crippen LogP contribution in [0.1, 0.15) is 54.9 Å². The van der Waals surface area contributed by atoms with Gasteiger partial charge in [0.1, 0.15) is 0 Å². The van der Waals surface area contributed by atoms with Crippen molar-refractivity contribution >= 4 is 14.0 Å². The van der Waals surface area contributed by atoms with Crippen LogP contribution in [0.25, 0.3) is 0 Å². The molecule has 0 saturated carbocycles. The first-order valence-electron chi connectivity index (χ1n) is 8.10. The van der Waals surface area contributed by atoms with Crippen molar-refractivity contribution in [3.8, 4) is 0 Å². The van der Waals surface area contributed by atoms with E-state index in [9.17, 15) is 4.79 Å². The minimum absolute atomic E-state index is 0.0836. The lowest BCUT2D eigenvalue weighted by Crippen LogP contribution is -2.46. The maximum atomic E-state index is 12.6. The summed E-state index contributed by atoms with van der Waals surface area (Å²) in [6.45, 7) is 16.0. The molecule has 0 heterocycles. The number of ether oxygens (including phenoxy) is 1. The zero-order chi connectivity index (χ0) is 15.1. The van der Waals surface area contributed by atoms with Crippen LogP contribution in [0.3, 0.4) is 0 Å². The molecule has 3 heteroatoms. The average molecular weight is 287 g/mol. The molecule has 0 fully saturated rings. The minimum Gasteiger partial charge on any atom is -0.466 e. The lowest BCUT2D eigenvalue weighted by atomic mass is 9.89. The smallest absolute Gasteiger partial charge is 0.306 e. The summed E-state index contributed by atoms with van der Waals surface area (Å²) in [4.78, 5) is 12.6. The molecule has 0 aromatic rings. The Balaban J connectivity index is 5.53. The predicted molar refractivity (Wildman–Crippen MR) is 86.2 cm³/mol. The highest BCUT2D eigenvalue weighted by Crippen LogP contribution is 2.43. The van der Waals surface area contributed by atoms with Crippen molar-refractivity contribution < 1.29 is 9.53 Å². The summed E-state index contributed by atoms with van der Waals surface area (Å²) in [5, 5.41) is 0. The standard InChI is InChI=1S/C16H34O2Si/c1-8-14(13(6)7)15(16(17)18-9-2)19(10-3,11-4)12-5/h13-15H,8-12H2,1-7H3/t14-,15-/m0/s1. The average Bonchev–Trinajstić information content (AvgIpc) is 2.39. The van der Waals surface area contributed by atoms with E-state index in [1.807, 2.05) is 6.92 Å². The van der Waals surface area contributed by atoms with Crippen molar-refractivity contribution in [2.45, 2.75) is 78.6 Å². The molecule has 0 aromatic carbocycles. The molecular formula is C16H34O2Si. The fourth-order valence-corrected chi connectivity index (χ4v) is 8.54. The molecule has 0 bridgehead atoms. The van der Waals surface area contributed by atoms with Gasteiger partial charge in [0.2, 0.25) is 0 Å². The van der Waals surface area contributed by atoms with E-state index in [2.05, 4.69) is 41.5 Å². The third kappa shape index (κ3) is 4.33. The lowest BCUT2D eigenvalue weighted by Gasteiger charge is -2.41. The molecular weight excluding hydrogens is 252 g/mol. The van der Waals surface area contributed by atoms with E-state index in [1.165, 1.54) is 18.1 Å². The van der Waals surface area contributed by atoms with Gasteiger partial charge in [0.05, 0.1) is 20.2 Å². The van der Waals surface area contributed by atoms with Crippen molar-refractivity contribution in [1.29, 1.82) is 0 Å². The van der Waals surface area contributed by atoms with Crippen molar-refractivity contribution in [3.05, 3.63) is 0 Å². The third-order valence-electron chi connectivity index (χ3n) is 5.07. The van der Waals surface area contributed by atoms with Gasteiger partial charge in [-0.25, -0.2) is 0 Å². The van der Waals surface area contributed by atoms with Crippen molar-refractivity contribution in [2.24, 2.45) is 11.8 Å². The molecule has 0 radical (unpaired) electrons. The number of rotatable bonds is 9. The maximum Gasteiger partial charge on any atom is 0.306 e. The molecule has 0 rings (SSSR count). The van der Waals surface area contributed by atoms with Crippen LogP contribution in [0.5, 0.6) is 0 Å². The third-order valence-corrected chi connectivity index (χ3v) is 11.3. The van der Waals surface area contributed by atoms with Crippen LogP contribution in [-0.2, 0) is 9.53 Å². The summed E-state index contributed by atoms with van der Waals surface area (Å²) in [6, 6.07) is 3.56. The van der Waals surface area contributed by atoms with E-state index in [-0.39, 0.29) is 11.5 Å². The van der Waals surface area contributed by atoms with Crippen LogP contribution in [0.15, 0.2) is 0 Å². The zero-order valence-electron chi connectivity index (χ0n) is 14.1. The Morgan fingerprint density at radius 2 is 1.47 bits per heavy atom. The van der Waals surface area contributed by atoms with Crippen LogP contribution >= 0.6 is 0 Å². The molecule has 0 spiro atoms. The summed E-state index contributed by atoms with van der Waals surface area (Å²) in [5.74, 6) is 1.11. The molecule has 2 nitrogen and oxygen atoms in total. The number of esters is 1. The van der Waals surface area contributed by atoms with E-state index in [4.69, 9.17) is 4.74 Å². The zero-order valence-corrected chi connectivity index (χ0v) is 15.1. The molecule has 0 N–H and O–H groups in total. The summed E-state index contributed by atoms with van der Waals surface area (Å²) >= 11 is 0. The van der Waals surface area contributed by atoms with Crippen LogP contribution in [0.4, 0.5) is 0 Å². The highest BCUT2D eigenvalue weighted by molar-refractivity contribution is 6.83. The minimum atomic E-state index is -1.57. The topological polar surface area (TPSA) is 26.3 Å². The second-order valence-electron chi connectivity index (χ2n) is 5.97. The molecule has 2 atom stereocenters. The first kappa shape index (κ1) is 18.7. The highest BCUT2D eigenvalue weighted by atomic mass is 28.3. The Labute approximate surface area is 121 Å². The Hall–Kier alpha value is -0.313. The van der Waals surface area contributed by atoms with Gasteiger partial charge in [-0.1, -0.05) is 66.1 Å². The van der Waals surface area contributed by atoms with E-state index in [1.54, 1.807) is 0 Å². The van der Waals surface area contributed by atoms with Crippen LogP contribution in [0, 0.1) is 11.8 Å². The molecule has 19 heavy (non-hydrogen) atoms. The van der Waals surface area contributed by atoms with Gasteiger partial charge in [-0.2, -0.15) is 0 Å². The first-order valence-corrected chi connectivity index (χ1v) is 10.8. The number of hydrogen-bond donors (Lipinski definition) is 0. The Morgan fingerprint density at radius 3 is 1.74 bits per heavy atom. The molecule has 0 amide bonds. The largest absolute Gasteiger partial charge is 0.466 e. The van der Waals surface area contributed by atoms with Gasteiger partial charge >= 0.3 is 5.97 Å². The second-order valence-corrected chi connectivity index (χ2v) is 11.4. The number of carbonyl (C=O) groups excluding carboxylic acids is 1. The molecule has 0 aliphatic heterocycles. The summed E-state index contributed by atoms with van der Waals surface area (Å²) in [5.41, 5.74) is 0.178. The number of carbonyl (C=O) groups is 1. The second kappa shape index (κ2) is 8.78. The first-order chi connectivity index (χ1) is 8.93. The highest BCUT2D eigenvalue weighted by Gasteiger charge is 2.46. The quantitative estimate of drug-likeness (QED) is 0.435. The Morgan fingerprint density at radius 1 is 1.00 bits per heavy atom. The van der Waals surface area contributed by atoms with Crippen LogP contribution in [0.2, 0.25) is 23.7 Å². The Kier molecular flexibility index (Phi) is 8.63. The normalized spacial score (nSPS) is 15.4. The van der Waals surface area contributed by atoms with E-state index in [0.29, 0.717) is 18.4 Å². The van der Waals surface area contributed by atoms with Crippen molar-refractivity contribution in [2.75, 3.05) is 6.61 Å². The maximum absolute atomic E-state index is 12.6. The fourth-order valence-electron chi connectivity index (χ4n) is 3.61. The monoisotopic (exact) mass is 286 g/mol. The summed E-state index contributed by atoms with van der Waals surface area (Å²) in [7, 11) is -1.57. The van der Waals surface area contributed by atoms with Gasteiger partial charge in [-0.3, -0.25) is 4.79 Å². The number of hydrogen-bond acceptors (Lipinski definition) is 2. The SMILES string of the molecule is CCOC(=O)[C@H]([C@@H](CC)C(C)C)[Si](CC)(CC)CC. The Bertz CT molecular complexity index is 251. The van der Waals surface area contributed by atoms with E-state index in [0.717, 1.165) is 6.42 Å². The van der Waals surface area contributed by atoms with Gasteiger partial charge in [-0.15, -0.1) is 0 Å². The summed E-state index contributed by atoms with van der Waals surface area (Å²) < 4.78 is 5.44. The van der Waals surface area contributed by atoms with Crippen molar-refractivity contribution in [3.63, 3.8) is 0 Å². The molecule has 0 aliphatic rings. The molecule has 0 saturated heterocycles. The van der Waals surface area contributed by atoms with E-state index < -0.39 is 8.07 Å². The van der Waals surface area contributed by atoms with Crippen molar-refractivity contribution in [1.82, 2.24) is 0 Å². The van der Waals surface area contributed by atoms with Gasteiger partial charge < -0.3 is 4.74 Å².